The number of benzene rings is 1. The highest BCUT2D eigenvalue weighted by Gasteiger charge is 2.29. The maximum absolute atomic E-state index is 12.3. The lowest BCUT2D eigenvalue weighted by atomic mass is 9.97. The van der Waals surface area contributed by atoms with Gasteiger partial charge in [0, 0.05) is 12.1 Å². The van der Waals surface area contributed by atoms with Crippen molar-refractivity contribution < 1.29 is 23.8 Å². The highest BCUT2D eigenvalue weighted by molar-refractivity contribution is 5.81. The van der Waals surface area contributed by atoms with Crippen molar-refractivity contribution in [1.82, 2.24) is 4.90 Å². The van der Waals surface area contributed by atoms with E-state index in [1.54, 1.807) is 31.4 Å². The summed E-state index contributed by atoms with van der Waals surface area (Å²) in [5, 5.41) is 0. The van der Waals surface area contributed by atoms with Gasteiger partial charge < -0.3 is 19.1 Å². The molecule has 0 saturated carbocycles. The average molecular weight is 349 g/mol. The summed E-state index contributed by atoms with van der Waals surface area (Å²) in [4.78, 5) is 25.9. The molecule has 1 saturated heterocycles. The molecule has 0 radical (unpaired) electrons. The van der Waals surface area contributed by atoms with E-state index in [0.717, 1.165) is 25.0 Å². The molecule has 1 aliphatic rings. The van der Waals surface area contributed by atoms with Crippen LogP contribution in [0, 0.1) is 0 Å². The molecule has 1 aromatic rings. The van der Waals surface area contributed by atoms with E-state index in [0.29, 0.717) is 5.75 Å². The van der Waals surface area contributed by atoms with Crippen molar-refractivity contribution in [1.29, 1.82) is 0 Å². The number of carbonyl (C=O) groups is 2. The molecule has 6 nitrogen and oxygen atoms in total. The van der Waals surface area contributed by atoms with Crippen LogP contribution < -0.4 is 9.47 Å². The van der Waals surface area contributed by atoms with Crippen molar-refractivity contribution in [2.24, 2.45) is 0 Å². The van der Waals surface area contributed by atoms with Crippen LogP contribution in [0.1, 0.15) is 39.5 Å². The lowest BCUT2D eigenvalue weighted by Gasteiger charge is -2.38. The summed E-state index contributed by atoms with van der Waals surface area (Å²) in [6.45, 7) is 4.09. The molecule has 138 valence electrons. The zero-order chi connectivity index (χ0) is 18.2. The Morgan fingerprint density at radius 1 is 1.08 bits per heavy atom. The van der Waals surface area contributed by atoms with Gasteiger partial charge in [-0.05, 0) is 57.4 Å². The molecule has 6 heteroatoms. The molecule has 0 aliphatic carbocycles. The lowest BCUT2D eigenvalue weighted by molar-refractivity contribution is -0.155. The standard InChI is InChI=1S/C19H27NO5/c1-14-5-4-6-15(2)20(14)18(21)13-25-19(22)11-12-24-17-9-7-16(23-3)8-10-17/h7-10,14-15H,4-6,11-13H2,1-3H3/t14-,15-/m1/s1. The molecule has 2 atom stereocenters. The van der Waals surface area contributed by atoms with Crippen LogP contribution in [0.15, 0.2) is 24.3 Å². The van der Waals surface area contributed by atoms with Crippen molar-refractivity contribution in [2.45, 2.75) is 51.6 Å². The number of likely N-dealkylation sites (tertiary alicyclic amines) is 1. The Balaban J connectivity index is 1.68. The van der Waals surface area contributed by atoms with Gasteiger partial charge >= 0.3 is 5.97 Å². The van der Waals surface area contributed by atoms with Gasteiger partial charge in [0.15, 0.2) is 6.61 Å². The van der Waals surface area contributed by atoms with E-state index in [-0.39, 0.29) is 37.6 Å². The van der Waals surface area contributed by atoms with Crippen molar-refractivity contribution in [3.8, 4) is 11.5 Å². The summed E-state index contributed by atoms with van der Waals surface area (Å²) in [6, 6.07) is 7.52. The minimum atomic E-state index is -0.431. The SMILES string of the molecule is COc1ccc(OCCC(=O)OCC(=O)N2[C@H](C)CCC[C@H]2C)cc1. The molecule has 1 heterocycles. The maximum atomic E-state index is 12.3. The fraction of sp³-hybridized carbons (Fsp3) is 0.579. The first kappa shape index (κ1) is 19.1. The first-order chi connectivity index (χ1) is 12.0. The van der Waals surface area contributed by atoms with Gasteiger partial charge in [0.2, 0.25) is 0 Å². The summed E-state index contributed by atoms with van der Waals surface area (Å²) in [5.41, 5.74) is 0. The van der Waals surface area contributed by atoms with Crippen LogP contribution in [0.4, 0.5) is 0 Å². The molecule has 1 fully saturated rings. The Bertz CT molecular complexity index is 562. The average Bonchev–Trinajstić information content (AvgIpc) is 2.60. The third kappa shape index (κ3) is 5.66. The van der Waals surface area contributed by atoms with Gasteiger partial charge in [-0.2, -0.15) is 0 Å². The van der Waals surface area contributed by atoms with E-state index in [1.165, 1.54) is 0 Å². The lowest BCUT2D eigenvalue weighted by Crippen LogP contribution is -2.49. The van der Waals surface area contributed by atoms with Crippen LogP contribution in [0.25, 0.3) is 0 Å². The summed E-state index contributed by atoms with van der Waals surface area (Å²) >= 11 is 0. The summed E-state index contributed by atoms with van der Waals surface area (Å²) in [7, 11) is 1.60. The number of hydrogen-bond donors (Lipinski definition) is 0. The van der Waals surface area contributed by atoms with E-state index in [9.17, 15) is 9.59 Å². The Morgan fingerprint density at radius 3 is 2.28 bits per heavy atom. The maximum Gasteiger partial charge on any atom is 0.309 e. The van der Waals surface area contributed by atoms with Crippen molar-refractivity contribution in [3.05, 3.63) is 24.3 Å². The highest BCUT2D eigenvalue weighted by Crippen LogP contribution is 2.22. The van der Waals surface area contributed by atoms with Crippen LogP contribution in [0.5, 0.6) is 11.5 Å². The number of amides is 1. The smallest absolute Gasteiger partial charge is 0.309 e. The number of carbonyl (C=O) groups excluding carboxylic acids is 2. The number of piperidine rings is 1. The Kier molecular flexibility index (Phi) is 7.10. The Hall–Kier alpha value is -2.24. The number of nitrogens with zero attached hydrogens (tertiary/aromatic N) is 1. The molecule has 1 aromatic carbocycles. The molecule has 0 aromatic heterocycles. The largest absolute Gasteiger partial charge is 0.497 e. The quantitative estimate of drug-likeness (QED) is 0.708. The van der Waals surface area contributed by atoms with E-state index < -0.39 is 5.97 Å². The zero-order valence-electron chi connectivity index (χ0n) is 15.2. The molecule has 2 rings (SSSR count). The predicted molar refractivity (Wildman–Crippen MR) is 93.7 cm³/mol. The van der Waals surface area contributed by atoms with Crippen LogP contribution >= 0.6 is 0 Å². The van der Waals surface area contributed by atoms with E-state index >= 15 is 0 Å². The highest BCUT2D eigenvalue weighted by atomic mass is 16.5. The molecule has 0 N–H and O–H groups in total. The number of rotatable bonds is 7. The van der Waals surface area contributed by atoms with Crippen molar-refractivity contribution in [2.75, 3.05) is 20.3 Å². The third-order valence-electron chi connectivity index (χ3n) is 4.47. The summed E-state index contributed by atoms with van der Waals surface area (Å²) < 4.78 is 15.6. The Labute approximate surface area is 149 Å². The summed E-state index contributed by atoms with van der Waals surface area (Å²) in [6.07, 6.45) is 3.23. The minimum absolute atomic E-state index is 0.102. The Morgan fingerprint density at radius 2 is 1.68 bits per heavy atom. The van der Waals surface area contributed by atoms with Crippen molar-refractivity contribution >= 4 is 11.9 Å². The number of methoxy groups -OCH3 is 1. The molecule has 1 aliphatic heterocycles. The molecule has 25 heavy (non-hydrogen) atoms. The van der Waals surface area contributed by atoms with E-state index in [2.05, 4.69) is 0 Å². The molecular formula is C19H27NO5. The number of hydrogen-bond acceptors (Lipinski definition) is 5. The predicted octanol–water partition coefficient (Wildman–Crippen LogP) is 2.80. The first-order valence-electron chi connectivity index (χ1n) is 8.75. The molecule has 0 bridgehead atoms. The van der Waals surface area contributed by atoms with E-state index in [1.807, 2.05) is 18.7 Å². The molecule has 0 unspecified atom stereocenters. The van der Waals surface area contributed by atoms with Gasteiger partial charge in [0.1, 0.15) is 11.5 Å². The van der Waals surface area contributed by atoms with Crippen molar-refractivity contribution in [3.63, 3.8) is 0 Å². The van der Waals surface area contributed by atoms with Gasteiger partial charge in [-0.3, -0.25) is 9.59 Å². The van der Waals surface area contributed by atoms with Gasteiger partial charge in [0.05, 0.1) is 20.1 Å². The van der Waals surface area contributed by atoms with Crippen LogP contribution in [0.3, 0.4) is 0 Å². The minimum Gasteiger partial charge on any atom is -0.497 e. The first-order valence-corrected chi connectivity index (χ1v) is 8.75. The monoisotopic (exact) mass is 349 g/mol. The molecular weight excluding hydrogens is 322 g/mol. The number of esters is 1. The van der Waals surface area contributed by atoms with Gasteiger partial charge in [-0.15, -0.1) is 0 Å². The number of ether oxygens (including phenoxy) is 3. The van der Waals surface area contributed by atoms with Crippen LogP contribution in [-0.4, -0.2) is 49.2 Å². The second-order valence-corrected chi connectivity index (χ2v) is 6.36. The third-order valence-corrected chi connectivity index (χ3v) is 4.47. The molecule has 0 spiro atoms. The second-order valence-electron chi connectivity index (χ2n) is 6.36. The summed E-state index contributed by atoms with van der Waals surface area (Å²) in [5.74, 6) is 0.843. The van der Waals surface area contributed by atoms with Gasteiger partial charge in [0.25, 0.3) is 5.91 Å². The fourth-order valence-corrected chi connectivity index (χ4v) is 3.13. The second kappa shape index (κ2) is 9.30. The van der Waals surface area contributed by atoms with Crippen LogP contribution in [0.2, 0.25) is 0 Å². The van der Waals surface area contributed by atoms with Crippen LogP contribution in [-0.2, 0) is 14.3 Å². The fourth-order valence-electron chi connectivity index (χ4n) is 3.13. The van der Waals surface area contributed by atoms with Gasteiger partial charge in [-0.1, -0.05) is 0 Å². The normalized spacial score (nSPS) is 20.0. The molecule has 1 amide bonds. The van der Waals surface area contributed by atoms with E-state index in [4.69, 9.17) is 14.2 Å². The topological polar surface area (TPSA) is 65.1 Å². The van der Waals surface area contributed by atoms with Gasteiger partial charge in [-0.25, -0.2) is 0 Å². The zero-order valence-corrected chi connectivity index (χ0v) is 15.2.